The van der Waals surface area contributed by atoms with Gasteiger partial charge in [-0.3, -0.25) is 4.79 Å². The summed E-state index contributed by atoms with van der Waals surface area (Å²) in [5.74, 6) is 0.822. The largest absolute Gasteiger partial charge is 0.409 e. The molecule has 0 saturated heterocycles. The molecule has 1 aliphatic rings. The quantitative estimate of drug-likeness (QED) is 0.307. The summed E-state index contributed by atoms with van der Waals surface area (Å²) in [6.45, 7) is 1.54. The molecule has 0 bridgehead atoms. The average molecular weight is 285 g/mol. The number of hydrogen-bond donors (Lipinski definition) is 2. The van der Waals surface area contributed by atoms with Crippen LogP contribution in [0.3, 0.4) is 0 Å². The smallest absolute Gasteiger partial charge is 0.222 e. The van der Waals surface area contributed by atoms with E-state index in [2.05, 4.69) is 5.16 Å². The van der Waals surface area contributed by atoms with Gasteiger partial charge in [0, 0.05) is 33.0 Å². The average Bonchev–Trinajstić information content (AvgIpc) is 2.47. The molecule has 0 atom stereocenters. The number of methoxy groups -OCH3 is 1. The van der Waals surface area contributed by atoms with E-state index in [1.165, 1.54) is 19.3 Å². The normalized spacial score (nSPS) is 17.1. The summed E-state index contributed by atoms with van der Waals surface area (Å²) in [7, 11) is 1.62. The van der Waals surface area contributed by atoms with E-state index < -0.39 is 0 Å². The van der Waals surface area contributed by atoms with Gasteiger partial charge in [-0.15, -0.1) is 0 Å². The van der Waals surface area contributed by atoms with Gasteiger partial charge in [0.1, 0.15) is 5.84 Å². The number of oxime groups is 1. The van der Waals surface area contributed by atoms with Crippen LogP contribution in [0.2, 0.25) is 0 Å². The molecule has 3 N–H and O–H groups in total. The fraction of sp³-hybridized carbons (Fsp3) is 0.857. The minimum absolute atomic E-state index is 0.151. The molecule has 0 aromatic heterocycles. The first-order valence-electron chi connectivity index (χ1n) is 7.40. The summed E-state index contributed by atoms with van der Waals surface area (Å²) in [5, 5.41) is 11.5. The van der Waals surface area contributed by atoms with Gasteiger partial charge in [-0.25, -0.2) is 0 Å². The first-order chi connectivity index (χ1) is 9.67. The second-order valence-electron chi connectivity index (χ2n) is 5.42. The van der Waals surface area contributed by atoms with Crippen molar-refractivity contribution in [1.82, 2.24) is 4.90 Å². The lowest BCUT2D eigenvalue weighted by Crippen LogP contribution is -2.37. The molecule has 0 aliphatic heterocycles. The third kappa shape index (κ3) is 6.23. The highest BCUT2D eigenvalue weighted by Crippen LogP contribution is 2.26. The predicted octanol–water partition coefficient (Wildman–Crippen LogP) is 1.57. The Kier molecular flexibility index (Phi) is 8.02. The maximum absolute atomic E-state index is 12.3. The standard InChI is InChI=1S/C14H27N3O3/c1-20-10-9-17(8-7-13(15)16-19)14(18)11-12-5-3-2-4-6-12/h12,19H,2-11H2,1H3,(H2,15,16). The Bertz CT molecular complexity index is 315. The van der Waals surface area contributed by atoms with E-state index >= 15 is 0 Å². The molecule has 0 spiro atoms. The van der Waals surface area contributed by atoms with Crippen LogP contribution in [0, 0.1) is 5.92 Å². The number of hydrogen-bond acceptors (Lipinski definition) is 4. The fourth-order valence-electron chi connectivity index (χ4n) is 2.63. The zero-order valence-corrected chi connectivity index (χ0v) is 12.4. The van der Waals surface area contributed by atoms with Crippen LogP contribution in [0.5, 0.6) is 0 Å². The predicted molar refractivity (Wildman–Crippen MR) is 77.7 cm³/mol. The number of amidine groups is 1. The van der Waals surface area contributed by atoms with Crippen LogP contribution in [-0.4, -0.2) is 48.7 Å². The Morgan fingerprint density at radius 1 is 1.35 bits per heavy atom. The number of amides is 1. The van der Waals surface area contributed by atoms with Crippen molar-refractivity contribution in [2.45, 2.75) is 44.9 Å². The van der Waals surface area contributed by atoms with Gasteiger partial charge in [-0.1, -0.05) is 24.4 Å². The van der Waals surface area contributed by atoms with Crippen LogP contribution in [0.4, 0.5) is 0 Å². The lowest BCUT2D eigenvalue weighted by atomic mass is 9.86. The van der Waals surface area contributed by atoms with Gasteiger partial charge in [-0.05, 0) is 18.8 Å². The van der Waals surface area contributed by atoms with E-state index in [-0.39, 0.29) is 11.7 Å². The fourth-order valence-corrected chi connectivity index (χ4v) is 2.63. The lowest BCUT2D eigenvalue weighted by Gasteiger charge is -2.26. The number of carbonyl (C=O) groups excluding carboxylic acids is 1. The number of nitrogens with zero attached hydrogens (tertiary/aromatic N) is 2. The minimum Gasteiger partial charge on any atom is -0.409 e. The first-order valence-corrected chi connectivity index (χ1v) is 7.40. The molecule has 0 aromatic rings. The molecule has 1 saturated carbocycles. The van der Waals surface area contributed by atoms with Crippen molar-refractivity contribution in [3.8, 4) is 0 Å². The van der Waals surface area contributed by atoms with E-state index in [1.54, 1.807) is 12.0 Å². The highest BCUT2D eigenvalue weighted by atomic mass is 16.5. The number of carbonyl (C=O) groups is 1. The molecule has 20 heavy (non-hydrogen) atoms. The van der Waals surface area contributed by atoms with E-state index in [0.717, 1.165) is 12.8 Å². The Labute approximate surface area is 120 Å². The summed E-state index contributed by atoms with van der Waals surface area (Å²) >= 11 is 0. The zero-order valence-electron chi connectivity index (χ0n) is 12.4. The second kappa shape index (κ2) is 9.58. The highest BCUT2D eigenvalue weighted by molar-refractivity contribution is 5.81. The molecule has 1 aliphatic carbocycles. The summed E-state index contributed by atoms with van der Waals surface area (Å²) in [6, 6.07) is 0. The van der Waals surface area contributed by atoms with Crippen LogP contribution < -0.4 is 5.73 Å². The third-order valence-electron chi connectivity index (χ3n) is 3.87. The minimum atomic E-state index is 0.151. The van der Waals surface area contributed by atoms with Gasteiger partial charge < -0.3 is 20.6 Å². The van der Waals surface area contributed by atoms with Crippen LogP contribution in [0.1, 0.15) is 44.9 Å². The first kappa shape index (κ1) is 16.8. The van der Waals surface area contributed by atoms with E-state index in [4.69, 9.17) is 15.7 Å². The van der Waals surface area contributed by atoms with Gasteiger partial charge in [0.05, 0.1) is 6.61 Å². The molecule has 116 valence electrons. The summed E-state index contributed by atoms with van der Waals surface area (Å²) < 4.78 is 5.04. The second-order valence-corrected chi connectivity index (χ2v) is 5.42. The Balaban J connectivity index is 2.44. The van der Waals surface area contributed by atoms with Crippen LogP contribution in [-0.2, 0) is 9.53 Å². The highest BCUT2D eigenvalue weighted by Gasteiger charge is 2.21. The monoisotopic (exact) mass is 285 g/mol. The van der Waals surface area contributed by atoms with Crippen molar-refractivity contribution in [2.75, 3.05) is 26.8 Å². The molecule has 0 heterocycles. The summed E-state index contributed by atoms with van der Waals surface area (Å²) in [4.78, 5) is 14.1. The molecule has 1 fully saturated rings. The maximum atomic E-state index is 12.3. The molecule has 0 unspecified atom stereocenters. The molecular weight excluding hydrogens is 258 g/mol. The van der Waals surface area contributed by atoms with E-state index in [1.807, 2.05) is 0 Å². The van der Waals surface area contributed by atoms with Gasteiger partial charge in [0.15, 0.2) is 0 Å². The van der Waals surface area contributed by atoms with E-state index in [9.17, 15) is 4.79 Å². The van der Waals surface area contributed by atoms with Crippen molar-refractivity contribution in [1.29, 1.82) is 0 Å². The number of nitrogens with two attached hydrogens (primary N) is 1. The van der Waals surface area contributed by atoms with E-state index in [0.29, 0.717) is 38.5 Å². The van der Waals surface area contributed by atoms with Gasteiger partial charge >= 0.3 is 0 Å². The van der Waals surface area contributed by atoms with Crippen LogP contribution in [0.15, 0.2) is 5.16 Å². The van der Waals surface area contributed by atoms with Crippen molar-refractivity contribution in [3.63, 3.8) is 0 Å². The molecule has 6 nitrogen and oxygen atoms in total. The molecular formula is C14H27N3O3. The number of ether oxygens (including phenoxy) is 1. The zero-order chi connectivity index (χ0) is 14.8. The van der Waals surface area contributed by atoms with Crippen molar-refractivity contribution in [2.24, 2.45) is 16.8 Å². The molecule has 1 amide bonds. The lowest BCUT2D eigenvalue weighted by molar-refractivity contribution is -0.133. The third-order valence-corrected chi connectivity index (χ3v) is 3.87. The van der Waals surface area contributed by atoms with Crippen LogP contribution in [0.25, 0.3) is 0 Å². The van der Waals surface area contributed by atoms with Crippen molar-refractivity contribution >= 4 is 11.7 Å². The molecule has 0 aromatic carbocycles. The molecule has 0 radical (unpaired) electrons. The van der Waals surface area contributed by atoms with Crippen molar-refractivity contribution < 1.29 is 14.7 Å². The van der Waals surface area contributed by atoms with Gasteiger partial charge in [0.2, 0.25) is 5.91 Å². The summed E-state index contributed by atoms with van der Waals surface area (Å²) in [6.07, 6.45) is 7.08. The Morgan fingerprint density at radius 2 is 2.05 bits per heavy atom. The molecule has 6 heteroatoms. The van der Waals surface area contributed by atoms with Gasteiger partial charge in [0.25, 0.3) is 0 Å². The van der Waals surface area contributed by atoms with Gasteiger partial charge in [-0.2, -0.15) is 0 Å². The van der Waals surface area contributed by atoms with Crippen molar-refractivity contribution in [3.05, 3.63) is 0 Å². The maximum Gasteiger partial charge on any atom is 0.222 e. The Morgan fingerprint density at radius 3 is 2.65 bits per heavy atom. The Hall–Kier alpha value is -1.30. The molecule has 1 rings (SSSR count). The number of rotatable bonds is 8. The SMILES string of the molecule is COCCN(CCC(N)=NO)C(=O)CC1CCCCC1. The van der Waals surface area contributed by atoms with Crippen LogP contribution >= 0.6 is 0 Å². The topological polar surface area (TPSA) is 88.2 Å². The summed E-state index contributed by atoms with van der Waals surface area (Å²) in [5.41, 5.74) is 5.47.